The molecule has 34 heavy (non-hydrogen) atoms. The number of likely N-dealkylation sites (tertiary alicyclic amines) is 1. The minimum absolute atomic E-state index is 0.106. The molecule has 0 saturated carbocycles. The van der Waals surface area contributed by atoms with Gasteiger partial charge in [-0.3, -0.25) is 15.2 Å². The fourth-order valence-electron chi connectivity index (χ4n) is 4.53. The van der Waals surface area contributed by atoms with Gasteiger partial charge in [0.1, 0.15) is 18.8 Å². The number of carbonyl (C=O) groups excluding carboxylic acids is 2. The van der Waals surface area contributed by atoms with Crippen molar-refractivity contribution in [2.45, 2.75) is 38.5 Å². The van der Waals surface area contributed by atoms with Crippen molar-refractivity contribution >= 4 is 24.0 Å². The van der Waals surface area contributed by atoms with Crippen molar-refractivity contribution in [3.63, 3.8) is 0 Å². The number of fused-ring (bicyclic) bond motifs is 1. The van der Waals surface area contributed by atoms with E-state index in [0.29, 0.717) is 30.1 Å². The molecule has 2 aliphatic heterocycles. The number of nitrogens with zero attached hydrogens (tertiary/aromatic N) is 3. The highest BCUT2D eigenvalue weighted by Gasteiger charge is 2.31. The summed E-state index contributed by atoms with van der Waals surface area (Å²) in [6.45, 7) is 4.83. The summed E-state index contributed by atoms with van der Waals surface area (Å²) in [6.07, 6.45) is 3.90. The maximum absolute atomic E-state index is 12.7. The van der Waals surface area contributed by atoms with Gasteiger partial charge in [0.2, 0.25) is 0 Å². The molecular formula is C24H30N6O4. The third-order valence-electron chi connectivity index (χ3n) is 6.65. The van der Waals surface area contributed by atoms with E-state index < -0.39 is 0 Å². The first-order chi connectivity index (χ1) is 16.4. The number of rotatable bonds is 8. The van der Waals surface area contributed by atoms with E-state index in [2.05, 4.69) is 15.2 Å². The van der Waals surface area contributed by atoms with Gasteiger partial charge in [0.25, 0.3) is 5.91 Å². The van der Waals surface area contributed by atoms with E-state index in [9.17, 15) is 9.59 Å². The molecular weight excluding hydrogens is 436 g/mol. The number of carbonyl (C=O) groups is 2. The van der Waals surface area contributed by atoms with Crippen LogP contribution in [0.1, 0.15) is 43.8 Å². The maximum Gasteiger partial charge on any atom is 0.338 e. The molecule has 1 aromatic carbocycles. The van der Waals surface area contributed by atoms with Crippen molar-refractivity contribution in [1.29, 1.82) is 5.41 Å². The molecule has 1 saturated heterocycles. The number of hydrazine groups is 1. The molecule has 2 atom stereocenters. The second-order valence-corrected chi connectivity index (χ2v) is 8.59. The Morgan fingerprint density at radius 1 is 1.41 bits per heavy atom. The van der Waals surface area contributed by atoms with Gasteiger partial charge in [-0.1, -0.05) is 6.07 Å². The Bertz CT molecular complexity index is 1070. The number of hydrogen-bond donors (Lipinski definition) is 3. The summed E-state index contributed by atoms with van der Waals surface area (Å²) >= 11 is 0. The van der Waals surface area contributed by atoms with Crippen LogP contribution in [-0.2, 0) is 22.5 Å². The van der Waals surface area contributed by atoms with Crippen molar-refractivity contribution in [3.05, 3.63) is 58.3 Å². The minimum atomic E-state index is -0.240. The summed E-state index contributed by atoms with van der Waals surface area (Å²) in [6, 6.07) is 7.01. The zero-order valence-corrected chi connectivity index (χ0v) is 19.4. The van der Waals surface area contributed by atoms with Gasteiger partial charge in [-0.15, -0.1) is 0 Å². The van der Waals surface area contributed by atoms with Crippen LogP contribution in [0.15, 0.2) is 30.5 Å². The zero-order valence-electron chi connectivity index (χ0n) is 19.4. The lowest BCUT2D eigenvalue weighted by molar-refractivity contribution is 0.00677. The Balaban J connectivity index is 1.32. The summed E-state index contributed by atoms with van der Waals surface area (Å²) in [4.78, 5) is 31.0. The quantitative estimate of drug-likeness (QED) is 0.175. The molecule has 4 N–H and O–H groups in total. The van der Waals surface area contributed by atoms with Crippen molar-refractivity contribution in [2.75, 3.05) is 31.8 Å². The van der Waals surface area contributed by atoms with E-state index in [1.807, 2.05) is 19.1 Å². The van der Waals surface area contributed by atoms with Crippen molar-refractivity contribution < 1.29 is 19.1 Å². The SMILES string of the molecule is COC1CN(CCc2ccc3c(c2C)COC3=O)CCC1NC(=O)c1ccc(N(N)C=N)nc1. The van der Waals surface area contributed by atoms with Crippen LogP contribution in [0.3, 0.4) is 0 Å². The van der Waals surface area contributed by atoms with Crippen LogP contribution in [-0.4, -0.2) is 67.0 Å². The van der Waals surface area contributed by atoms with Crippen molar-refractivity contribution in [3.8, 4) is 0 Å². The third-order valence-corrected chi connectivity index (χ3v) is 6.65. The predicted molar refractivity (Wildman–Crippen MR) is 127 cm³/mol. The number of hydrogen-bond acceptors (Lipinski definition) is 8. The van der Waals surface area contributed by atoms with E-state index in [1.165, 1.54) is 11.8 Å². The second-order valence-electron chi connectivity index (χ2n) is 8.59. The molecule has 4 rings (SSSR count). The molecule has 10 heteroatoms. The molecule has 0 spiro atoms. The Hall–Kier alpha value is -3.34. The van der Waals surface area contributed by atoms with Crippen LogP contribution in [0.2, 0.25) is 0 Å². The number of pyridine rings is 1. The average molecular weight is 467 g/mol. The molecule has 0 aliphatic carbocycles. The summed E-state index contributed by atoms with van der Waals surface area (Å²) < 4.78 is 10.9. The number of methoxy groups -OCH3 is 1. The maximum atomic E-state index is 12.7. The molecule has 1 fully saturated rings. The lowest BCUT2D eigenvalue weighted by Gasteiger charge is -2.38. The highest BCUT2D eigenvalue weighted by Crippen LogP contribution is 2.26. The molecule has 0 radical (unpaired) electrons. The summed E-state index contributed by atoms with van der Waals surface area (Å²) in [7, 11) is 1.67. The highest BCUT2D eigenvalue weighted by molar-refractivity contribution is 5.94. The number of esters is 1. The number of cyclic esters (lactones) is 1. The van der Waals surface area contributed by atoms with Gasteiger partial charge in [0, 0.05) is 38.5 Å². The van der Waals surface area contributed by atoms with Crippen LogP contribution < -0.4 is 16.2 Å². The molecule has 0 bridgehead atoms. The molecule has 1 aromatic heterocycles. The van der Waals surface area contributed by atoms with Gasteiger partial charge in [0.15, 0.2) is 0 Å². The Morgan fingerprint density at radius 3 is 2.94 bits per heavy atom. The molecule has 10 nitrogen and oxygen atoms in total. The Morgan fingerprint density at radius 2 is 2.24 bits per heavy atom. The lowest BCUT2D eigenvalue weighted by Crippen LogP contribution is -2.55. The van der Waals surface area contributed by atoms with E-state index in [1.54, 1.807) is 19.2 Å². The topological polar surface area (TPSA) is 134 Å². The summed E-state index contributed by atoms with van der Waals surface area (Å²) in [5.74, 6) is 5.53. The normalized spacial score (nSPS) is 19.9. The molecule has 2 unspecified atom stereocenters. The van der Waals surface area contributed by atoms with Gasteiger partial charge in [-0.2, -0.15) is 0 Å². The molecule has 180 valence electrons. The minimum Gasteiger partial charge on any atom is -0.457 e. The molecule has 2 aliphatic rings. The predicted octanol–water partition coefficient (Wildman–Crippen LogP) is 1.41. The lowest BCUT2D eigenvalue weighted by atomic mass is 9.96. The number of aromatic nitrogens is 1. The second kappa shape index (κ2) is 10.3. The first-order valence-corrected chi connectivity index (χ1v) is 11.3. The van der Waals surface area contributed by atoms with Gasteiger partial charge in [-0.25, -0.2) is 15.6 Å². The fraction of sp³-hybridized carbons (Fsp3) is 0.417. The van der Waals surface area contributed by atoms with Gasteiger partial charge >= 0.3 is 5.97 Å². The van der Waals surface area contributed by atoms with Gasteiger partial charge in [0.05, 0.1) is 23.3 Å². The van der Waals surface area contributed by atoms with Crippen LogP contribution in [0.25, 0.3) is 0 Å². The number of amides is 1. The number of benzene rings is 1. The first kappa shape index (κ1) is 23.8. The number of ether oxygens (including phenoxy) is 2. The number of anilines is 1. The standard InChI is InChI=1S/C24H30N6O4/c1-15-16(3-5-18-19(15)13-34-24(18)32)7-9-29-10-8-20(21(12-29)33-2)28-23(31)17-4-6-22(27-11-17)30(26)14-25/h3-6,11,14,20-21,25H,7-10,12-13,26H2,1-2H3,(H,28,31). The van der Waals surface area contributed by atoms with Crippen molar-refractivity contribution in [1.82, 2.24) is 15.2 Å². The largest absolute Gasteiger partial charge is 0.457 e. The summed E-state index contributed by atoms with van der Waals surface area (Å²) in [5.41, 5.74) is 4.45. The van der Waals surface area contributed by atoms with E-state index in [0.717, 1.165) is 48.4 Å². The Labute approximate surface area is 198 Å². The van der Waals surface area contributed by atoms with Crippen LogP contribution in [0, 0.1) is 12.3 Å². The highest BCUT2D eigenvalue weighted by atomic mass is 16.5. The van der Waals surface area contributed by atoms with E-state index >= 15 is 0 Å². The van der Waals surface area contributed by atoms with Crippen LogP contribution in [0.4, 0.5) is 5.82 Å². The van der Waals surface area contributed by atoms with Gasteiger partial charge < -0.3 is 19.7 Å². The Kier molecular flexibility index (Phi) is 7.20. The molecule has 2 aromatic rings. The summed E-state index contributed by atoms with van der Waals surface area (Å²) in [5, 5.41) is 11.3. The first-order valence-electron chi connectivity index (χ1n) is 11.3. The molecule has 1 amide bonds. The monoisotopic (exact) mass is 466 g/mol. The van der Waals surface area contributed by atoms with E-state index in [-0.39, 0.29) is 24.0 Å². The number of piperidine rings is 1. The molecule has 3 heterocycles. The van der Waals surface area contributed by atoms with Crippen molar-refractivity contribution in [2.24, 2.45) is 5.84 Å². The van der Waals surface area contributed by atoms with Crippen LogP contribution in [0.5, 0.6) is 0 Å². The fourth-order valence-corrected chi connectivity index (χ4v) is 4.53. The average Bonchev–Trinajstić information content (AvgIpc) is 3.25. The third kappa shape index (κ3) is 4.93. The van der Waals surface area contributed by atoms with Gasteiger partial charge in [-0.05, 0) is 49.1 Å². The van der Waals surface area contributed by atoms with Crippen LogP contribution >= 0.6 is 0 Å². The number of nitrogens with one attached hydrogen (secondary N) is 2. The van der Waals surface area contributed by atoms with E-state index in [4.69, 9.17) is 20.7 Å². The zero-order chi connectivity index (χ0) is 24.2. The number of nitrogens with two attached hydrogens (primary N) is 1. The smallest absolute Gasteiger partial charge is 0.338 e.